The van der Waals surface area contributed by atoms with Gasteiger partial charge in [0.2, 0.25) is 5.92 Å². The van der Waals surface area contributed by atoms with Gasteiger partial charge in [0.25, 0.3) is 0 Å². The van der Waals surface area contributed by atoms with Gasteiger partial charge in [-0.05, 0) is 30.5 Å². The Morgan fingerprint density at radius 3 is 2.32 bits per heavy atom. The van der Waals surface area contributed by atoms with Crippen molar-refractivity contribution in [2.75, 3.05) is 13.7 Å². The van der Waals surface area contributed by atoms with E-state index in [4.69, 9.17) is 10.5 Å². The molecular formula is C14H18F3NO. The molecule has 19 heavy (non-hydrogen) atoms. The Bertz CT molecular complexity index is 452. The minimum Gasteiger partial charge on any atom is -0.494 e. The molecule has 0 bridgehead atoms. The van der Waals surface area contributed by atoms with Crippen molar-refractivity contribution in [3.05, 3.63) is 29.6 Å². The maximum Gasteiger partial charge on any atom is 0.248 e. The summed E-state index contributed by atoms with van der Waals surface area (Å²) in [6.45, 7) is 0.245. The van der Waals surface area contributed by atoms with Gasteiger partial charge in [0.1, 0.15) is 0 Å². The SMILES string of the molecule is COc1ccc(C2(CN)CCC(F)(F)CC2)cc1F. The van der Waals surface area contributed by atoms with Crippen LogP contribution in [0.25, 0.3) is 0 Å². The van der Waals surface area contributed by atoms with E-state index in [0.29, 0.717) is 5.56 Å². The lowest BCUT2D eigenvalue weighted by Crippen LogP contribution is -2.42. The lowest BCUT2D eigenvalue weighted by molar-refractivity contribution is -0.0509. The van der Waals surface area contributed by atoms with Crippen LogP contribution < -0.4 is 10.5 Å². The molecule has 0 unspecified atom stereocenters. The topological polar surface area (TPSA) is 35.2 Å². The molecule has 2 N–H and O–H groups in total. The molecule has 2 rings (SSSR count). The average Bonchev–Trinajstić information content (AvgIpc) is 2.39. The molecule has 0 saturated heterocycles. The Morgan fingerprint density at radius 2 is 1.84 bits per heavy atom. The monoisotopic (exact) mass is 273 g/mol. The number of rotatable bonds is 3. The molecule has 1 aliphatic carbocycles. The van der Waals surface area contributed by atoms with Crippen LogP contribution in [0.1, 0.15) is 31.2 Å². The summed E-state index contributed by atoms with van der Waals surface area (Å²) < 4.78 is 45.1. The van der Waals surface area contributed by atoms with E-state index in [1.807, 2.05) is 0 Å². The fourth-order valence-corrected chi connectivity index (χ4v) is 2.70. The molecule has 1 aromatic carbocycles. The molecule has 1 saturated carbocycles. The first-order chi connectivity index (χ1) is 8.92. The van der Waals surface area contributed by atoms with Crippen LogP contribution in [-0.4, -0.2) is 19.6 Å². The summed E-state index contributed by atoms with van der Waals surface area (Å²) in [5, 5.41) is 0. The van der Waals surface area contributed by atoms with Crippen molar-refractivity contribution in [3.8, 4) is 5.75 Å². The molecule has 1 aliphatic rings. The van der Waals surface area contributed by atoms with E-state index >= 15 is 0 Å². The van der Waals surface area contributed by atoms with Crippen LogP contribution >= 0.6 is 0 Å². The molecule has 0 heterocycles. The van der Waals surface area contributed by atoms with Crippen LogP contribution in [0.3, 0.4) is 0 Å². The highest BCUT2D eigenvalue weighted by molar-refractivity contribution is 5.35. The summed E-state index contributed by atoms with van der Waals surface area (Å²) >= 11 is 0. The van der Waals surface area contributed by atoms with Crippen molar-refractivity contribution in [1.29, 1.82) is 0 Å². The molecule has 0 radical (unpaired) electrons. The second-order valence-electron chi connectivity index (χ2n) is 5.19. The highest BCUT2D eigenvalue weighted by atomic mass is 19.3. The number of benzene rings is 1. The van der Waals surface area contributed by atoms with Gasteiger partial charge in [0.05, 0.1) is 7.11 Å². The van der Waals surface area contributed by atoms with Gasteiger partial charge in [-0.3, -0.25) is 0 Å². The Hall–Kier alpha value is -1.23. The first-order valence-corrected chi connectivity index (χ1v) is 6.34. The van der Waals surface area contributed by atoms with E-state index in [2.05, 4.69) is 0 Å². The van der Waals surface area contributed by atoms with Crippen molar-refractivity contribution in [2.24, 2.45) is 5.73 Å². The molecule has 0 atom stereocenters. The van der Waals surface area contributed by atoms with Crippen molar-refractivity contribution in [2.45, 2.75) is 37.0 Å². The number of alkyl halides is 2. The van der Waals surface area contributed by atoms with Gasteiger partial charge in [-0.25, -0.2) is 13.2 Å². The Kier molecular flexibility index (Phi) is 3.76. The quantitative estimate of drug-likeness (QED) is 0.917. The fourth-order valence-electron chi connectivity index (χ4n) is 2.70. The van der Waals surface area contributed by atoms with Gasteiger partial charge in [-0.2, -0.15) is 0 Å². The molecular weight excluding hydrogens is 255 g/mol. The van der Waals surface area contributed by atoms with E-state index in [9.17, 15) is 13.2 Å². The molecule has 1 aromatic rings. The number of halogens is 3. The summed E-state index contributed by atoms with van der Waals surface area (Å²) in [5.74, 6) is -2.95. The zero-order valence-electron chi connectivity index (χ0n) is 10.9. The van der Waals surface area contributed by atoms with Gasteiger partial charge >= 0.3 is 0 Å². The largest absolute Gasteiger partial charge is 0.494 e. The molecule has 0 amide bonds. The summed E-state index contributed by atoms with van der Waals surface area (Å²) in [6.07, 6.45) is 0.167. The molecule has 5 heteroatoms. The maximum atomic E-state index is 13.7. The van der Waals surface area contributed by atoms with Crippen LogP contribution in [0.5, 0.6) is 5.75 Å². The first kappa shape index (κ1) is 14.2. The van der Waals surface area contributed by atoms with Crippen LogP contribution in [0.2, 0.25) is 0 Å². The van der Waals surface area contributed by atoms with E-state index in [1.54, 1.807) is 6.07 Å². The van der Waals surface area contributed by atoms with Gasteiger partial charge in [-0.15, -0.1) is 0 Å². The summed E-state index contributed by atoms with van der Waals surface area (Å²) in [7, 11) is 1.39. The standard InChI is InChI=1S/C14H18F3NO/c1-19-12-3-2-10(8-11(12)15)13(9-18)4-6-14(16,17)7-5-13/h2-3,8H,4-7,9,18H2,1H3. The molecule has 1 fully saturated rings. The second kappa shape index (κ2) is 5.04. The normalized spacial score (nSPS) is 21.1. The Balaban J connectivity index is 2.30. The molecule has 0 aliphatic heterocycles. The lowest BCUT2D eigenvalue weighted by Gasteiger charge is -2.39. The minimum absolute atomic E-state index is 0.150. The first-order valence-electron chi connectivity index (χ1n) is 6.34. The third-order valence-electron chi connectivity index (χ3n) is 4.09. The van der Waals surface area contributed by atoms with E-state index in [1.165, 1.54) is 19.2 Å². The van der Waals surface area contributed by atoms with Gasteiger partial charge in [0, 0.05) is 24.8 Å². The van der Waals surface area contributed by atoms with Crippen molar-refractivity contribution < 1.29 is 17.9 Å². The zero-order valence-corrected chi connectivity index (χ0v) is 10.9. The molecule has 106 valence electrons. The number of nitrogens with two attached hydrogens (primary N) is 1. The number of methoxy groups -OCH3 is 1. The fraction of sp³-hybridized carbons (Fsp3) is 0.571. The highest BCUT2D eigenvalue weighted by Crippen LogP contribution is 2.45. The van der Waals surface area contributed by atoms with Gasteiger partial charge in [-0.1, -0.05) is 6.07 Å². The highest BCUT2D eigenvalue weighted by Gasteiger charge is 2.43. The zero-order chi connectivity index (χ0) is 14.1. The van der Waals surface area contributed by atoms with Crippen LogP contribution in [-0.2, 0) is 5.41 Å². The summed E-state index contributed by atoms with van der Waals surface area (Å²) in [6, 6.07) is 4.60. The number of hydrogen-bond acceptors (Lipinski definition) is 2. The Labute approximate surface area is 110 Å². The van der Waals surface area contributed by atoms with Gasteiger partial charge < -0.3 is 10.5 Å². The number of hydrogen-bond donors (Lipinski definition) is 1. The van der Waals surface area contributed by atoms with Crippen LogP contribution in [0, 0.1) is 5.82 Å². The van der Waals surface area contributed by atoms with Gasteiger partial charge in [0.15, 0.2) is 11.6 Å². The second-order valence-corrected chi connectivity index (χ2v) is 5.19. The maximum absolute atomic E-state index is 13.7. The van der Waals surface area contributed by atoms with E-state index < -0.39 is 17.2 Å². The van der Waals surface area contributed by atoms with Crippen LogP contribution in [0.15, 0.2) is 18.2 Å². The van der Waals surface area contributed by atoms with E-state index in [-0.39, 0.29) is 38.0 Å². The molecule has 2 nitrogen and oxygen atoms in total. The number of ether oxygens (including phenoxy) is 1. The predicted octanol–water partition coefficient (Wildman–Crippen LogP) is 3.24. The predicted molar refractivity (Wildman–Crippen MR) is 67.1 cm³/mol. The molecule has 0 spiro atoms. The summed E-state index contributed by atoms with van der Waals surface area (Å²) in [5.41, 5.74) is 5.92. The third-order valence-corrected chi connectivity index (χ3v) is 4.09. The summed E-state index contributed by atoms with van der Waals surface area (Å²) in [4.78, 5) is 0. The smallest absolute Gasteiger partial charge is 0.248 e. The van der Waals surface area contributed by atoms with Crippen LogP contribution in [0.4, 0.5) is 13.2 Å². The van der Waals surface area contributed by atoms with Crippen molar-refractivity contribution >= 4 is 0 Å². The average molecular weight is 273 g/mol. The third kappa shape index (κ3) is 2.71. The van der Waals surface area contributed by atoms with Crippen molar-refractivity contribution in [1.82, 2.24) is 0 Å². The minimum atomic E-state index is -2.62. The van der Waals surface area contributed by atoms with Crippen molar-refractivity contribution in [3.63, 3.8) is 0 Å². The molecule has 0 aromatic heterocycles. The van der Waals surface area contributed by atoms with E-state index in [0.717, 1.165) is 0 Å². The lowest BCUT2D eigenvalue weighted by atomic mass is 9.68. The Morgan fingerprint density at radius 1 is 1.21 bits per heavy atom.